The molecule has 0 bridgehead atoms. The maximum atomic E-state index is 12.3. The zero-order valence-electron chi connectivity index (χ0n) is 30.0. The fourth-order valence-electron chi connectivity index (χ4n) is 5.51. The summed E-state index contributed by atoms with van der Waals surface area (Å²) in [5, 5.41) is 2.83. The van der Waals surface area contributed by atoms with E-state index in [1.54, 1.807) is 6.92 Å². The molecule has 0 aromatic heterocycles. The van der Waals surface area contributed by atoms with Crippen LogP contribution in [0.15, 0.2) is 0 Å². The number of phosphoric ester groups is 1. The van der Waals surface area contributed by atoms with Crippen molar-refractivity contribution >= 4 is 25.7 Å². The van der Waals surface area contributed by atoms with Gasteiger partial charge in [0.2, 0.25) is 5.91 Å². The Morgan fingerprint density at radius 3 is 1.36 bits per heavy atom. The Bertz CT molecular complexity index is 805. The molecular formula is C36H70NO9P. The predicted molar refractivity (Wildman–Crippen MR) is 188 cm³/mol. The Hall–Kier alpha value is -1.48. The van der Waals surface area contributed by atoms with E-state index in [0.717, 1.165) is 51.5 Å². The van der Waals surface area contributed by atoms with Crippen LogP contribution < -0.4 is 5.32 Å². The molecule has 10 nitrogen and oxygen atoms in total. The molecule has 1 atom stereocenters. The molecule has 0 rings (SSSR count). The number of rotatable bonds is 35. The van der Waals surface area contributed by atoms with Gasteiger partial charge in [0.05, 0.1) is 6.61 Å². The van der Waals surface area contributed by atoms with Gasteiger partial charge in [-0.1, -0.05) is 148 Å². The molecule has 0 aliphatic carbocycles. The van der Waals surface area contributed by atoms with E-state index in [-0.39, 0.29) is 25.4 Å². The summed E-state index contributed by atoms with van der Waals surface area (Å²) < 4.78 is 26.3. The van der Waals surface area contributed by atoms with Crippen LogP contribution in [0.5, 0.6) is 0 Å². The zero-order valence-corrected chi connectivity index (χ0v) is 30.9. The average Bonchev–Trinajstić information content (AvgIpc) is 3.02. The fraction of sp³-hybridized carbons (Fsp3) is 0.917. The first kappa shape index (κ1) is 45.5. The summed E-state index contributed by atoms with van der Waals surface area (Å²) in [6.07, 6.45) is 28.4. The van der Waals surface area contributed by atoms with Gasteiger partial charge >= 0.3 is 19.8 Å². The molecule has 0 aliphatic heterocycles. The summed E-state index contributed by atoms with van der Waals surface area (Å²) in [7, 11) is -4.75. The van der Waals surface area contributed by atoms with E-state index < -0.39 is 32.5 Å². The lowest BCUT2D eigenvalue weighted by Gasteiger charge is -2.18. The van der Waals surface area contributed by atoms with E-state index in [0.29, 0.717) is 12.8 Å². The summed E-state index contributed by atoms with van der Waals surface area (Å²) in [4.78, 5) is 53.5. The van der Waals surface area contributed by atoms with Gasteiger partial charge in [0.25, 0.3) is 0 Å². The summed E-state index contributed by atoms with van der Waals surface area (Å²) in [5.41, 5.74) is 0. The van der Waals surface area contributed by atoms with Gasteiger partial charge in [0, 0.05) is 26.3 Å². The monoisotopic (exact) mass is 691 g/mol. The molecule has 0 saturated carbocycles. The van der Waals surface area contributed by atoms with Crippen molar-refractivity contribution in [2.24, 2.45) is 0 Å². The van der Waals surface area contributed by atoms with Gasteiger partial charge in [-0.05, 0) is 19.3 Å². The van der Waals surface area contributed by atoms with E-state index in [2.05, 4.69) is 16.8 Å². The highest BCUT2D eigenvalue weighted by Gasteiger charge is 2.22. The lowest BCUT2D eigenvalue weighted by atomic mass is 10.0. The molecule has 47 heavy (non-hydrogen) atoms. The first-order valence-corrected chi connectivity index (χ1v) is 20.5. The molecule has 1 amide bonds. The first-order chi connectivity index (χ1) is 22.6. The maximum absolute atomic E-state index is 12.3. The third-order valence-corrected chi connectivity index (χ3v) is 8.81. The largest absolute Gasteiger partial charge is 0.469 e. The van der Waals surface area contributed by atoms with E-state index in [4.69, 9.17) is 19.3 Å². The lowest BCUT2D eigenvalue weighted by molar-refractivity contribution is -0.161. The van der Waals surface area contributed by atoms with Crippen LogP contribution in [0.1, 0.15) is 187 Å². The van der Waals surface area contributed by atoms with Crippen LogP contribution in [0, 0.1) is 0 Å². The van der Waals surface area contributed by atoms with Crippen LogP contribution in [0.4, 0.5) is 0 Å². The SMILES string of the molecule is CCCCCCCCCCCCCCC(=O)O[C@H](COC(=O)CCCCCCCCCCCCCCCNC(C)=O)COP(=O)(O)O. The van der Waals surface area contributed by atoms with Crippen LogP contribution in [0.3, 0.4) is 0 Å². The average molecular weight is 692 g/mol. The second kappa shape index (κ2) is 33.0. The van der Waals surface area contributed by atoms with Gasteiger partial charge in [-0.2, -0.15) is 0 Å². The molecule has 0 aromatic carbocycles. The second-order valence-electron chi connectivity index (χ2n) is 13.0. The predicted octanol–water partition coefficient (Wildman–Crippen LogP) is 9.24. The molecule has 0 heterocycles. The van der Waals surface area contributed by atoms with Gasteiger partial charge < -0.3 is 24.6 Å². The van der Waals surface area contributed by atoms with Crippen molar-refractivity contribution in [3.63, 3.8) is 0 Å². The van der Waals surface area contributed by atoms with Gasteiger partial charge in [-0.3, -0.25) is 18.9 Å². The van der Waals surface area contributed by atoms with Crippen molar-refractivity contribution in [2.45, 2.75) is 193 Å². The van der Waals surface area contributed by atoms with Gasteiger partial charge in [-0.25, -0.2) is 4.57 Å². The van der Waals surface area contributed by atoms with Gasteiger partial charge in [0.15, 0.2) is 6.10 Å². The van der Waals surface area contributed by atoms with Crippen LogP contribution in [-0.2, 0) is 32.9 Å². The Balaban J connectivity index is 3.88. The molecular weight excluding hydrogens is 621 g/mol. The van der Waals surface area contributed by atoms with E-state index in [1.807, 2.05) is 0 Å². The second-order valence-corrected chi connectivity index (χ2v) is 14.3. The minimum Gasteiger partial charge on any atom is -0.462 e. The van der Waals surface area contributed by atoms with Crippen molar-refractivity contribution in [2.75, 3.05) is 19.8 Å². The number of phosphoric acid groups is 1. The molecule has 3 N–H and O–H groups in total. The van der Waals surface area contributed by atoms with Crippen molar-refractivity contribution in [3.05, 3.63) is 0 Å². The number of hydrogen-bond acceptors (Lipinski definition) is 7. The quantitative estimate of drug-likeness (QED) is 0.0336. The minimum absolute atomic E-state index is 0.0445. The fourth-order valence-corrected chi connectivity index (χ4v) is 5.87. The van der Waals surface area contributed by atoms with Crippen molar-refractivity contribution in [1.29, 1.82) is 0 Å². The van der Waals surface area contributed by atoms with Crippen LogP contribution in [0.25, 0.3) is 0 Å². The van der Waals surface area contributed by atoms with Crippen molar-refractivity contribution in [3.8, 4) is 0 Å². The molecule has 11 heteroatoms. The number of carbonyl (C=O) groups is 3. The standard InChI is InChI=1S/C36H70NO9P/c1-3-4-5-6-7-8-9-13-17-20-23-26-29-36(40)46-34(32-45-47(41,42)43)31-44-35(39)28-25-22-19-16-14-11-10-12-15-18-21-24-27-30-37-33(2)38/h34H,3-32H2,1-2H3,(H,37,38)(H2,41,42,43)/t34-/m1/s1. The molecule has 0 radical (unpaired) electrons. The molecule has 278 valence electrons. The highest BCUT2D eigenvalue weighted by molar-refractivity contribution is 7.46. The van der Waals surface area contributed by atoms with Crippen LogP contribution in [-0.4, -0.2) is 53.5 Å². The molecule has 0 fully saturated rings. The molecule has 0 aromatic rings. The van der Waals surface area contributed by atoms with Crippen molar-refractivity contribution in [1.82, 2.24) is 5.32 Å². The van der Waals surface area contributed by atoms with E-state index >= 15 is 0 Å². The summed E-state index contributed by atoms with van der Waals surface area (Å²) in [5.74, 6) is -0.857. The summed E-state index contributed by atoms with van der Waals surface area (Å²) >= 11 is 0. The molecule has 0 spiro atoms. The van der Waals surface area contributed by atoms with Gasteiger partial charge in [0.1, 0.15) is 6.61 Å². The first-order valence-electron chi connectivity index (χ1n) is 18.9. The Morgan fingerprint density at radius 1 is 0.574 bits per heavy atom. The number of hydrogen-bond donors (Lipinski definition) is 3. The summed E-state index contributed by atoms with van der Waals surface area (Å²) in [6, 6.07) is 0. The third kappa shape index (κ3) is 37.2. The third-order valence-electron chi connectivity index (χ3n) is 8.32. The van der Waals surface area contributed by atoms with E-state index in [9.17, 15) is 18.9 Å². The van der Waals surface area contributed by atoms with E-state index in [1.165, 1.54) is 103 Å². The Kier molecular flexibility index (Phi) is 32.0. The molecule has 0 unspecified atom stereocenters. The molecule has 0 aliphatic rings. The number of ether oxygens (including phenoxy) is 2. The zero-order chi connectivity index (χ0) is 34.9. The number of unbranched alkanes of at least 4 members (excludes halogenated alkanes) is 23. The Labute approximate surface area is 286 Å². The number of esters is 2. The number of nitrogens with one attached hydrogen (secondary N) is 1. The smallest absolute Gasteiger partial charge is 0.462 e. The normalized spacial score (nSPS) is 12.2. The van der Waals surface area contributed by atoms with Crippen LogP contribution in [0.2, 0.25) is 0 Å². The van der Waals surface area contributed by atoms with Crippen molar-refractivity contribution < 1.29 is 42.7 Å². The molecule has 0 saturated heterocycles. The van der Waals surface area contributed by atoms with Gasteiger partial charge in [-0.15, -0.1) is 0 Å². The topological polar surface area (TPSA) is 148 Å². The van der Waals surface area contributed by atoms with Crippen LogP contribution >= 0.6 is 7.82 Å². The highest BCUT2D eigenvalue weighted by Crippen LogP contribution is 2.36. The maximum Gasteiger partial charge on any atom is 0.469 e. The highest BCUT2D eigenvalue weighted by atomic mass is 31.2. The Morgan fingerprint density at radius 2 is 0.957 bits per heavy atom. The number of amides is 1. The number of carbonyl (C=O) groups excluding carboxylic acids is 3. The summed E-state index contributed by atoms with van der Waals surface area (Å²) in [6.45, 7) is 3.73. The minimum atomic E-state index is -4.75. The lowest BCUT2D eigenvalue weighted by Crippen LogP contribution is -2.29.